The molecule has 2 heterocycles. The van der Waals surface area contributed by atoms with E-state index in [1.54, 1.807) is 0 Å². The van der Waals surface area contributed by atoms with Gasteiger partial charge in [0.15, 0.2) is 6.23 Å². The molecule has 0 aliphatic carbocycles. The van der Waals surface area contributed by atoms with Crippen LogP contribution in [0.3, 0.4) is 0 Å². The maximum atomic E-state index is 11.9. The highest BCUT2D eigenvalue weighted by Crippen LogP contribution is 2.66. The molecule has 21 heteroatoms. The zero-order chi connectivity index (χ0) is 23.1. The third kappa shape index (κ3) is 6.63. The Labute approximate surface area is 171 Å². The third-order valence-electron chi connectivity index (χ3n) is 3.36. The van der Waals surface area contributed by atoms with Crippen molar-refractivity contribution in [3.63, 3.8) is 0 Å². The number of ether oxygens (including phenoxy) is 1. The number of nitrogens with two attached hydrogens (primary N) is 1. The van der Waals surface area contributed by atoms with Crippen LogP contribution in [0.4, 0.5) is 5.82 Å². The van der Waals surface area contributed by atoms with E-state index in [1.807, 2.05) is 0 Å². The van der Waals surface area contributed by atoms with Gasteiger partial charge in [-0.05, 0) is 0 Å². The highest BCUT2D eigenvalue weighted by Gasteiger charge is 2.46. The Morgan fingerprint density at radius 2 is 1.73 bits per heavy atom. The molecule has 1 aliphatic heterocycles. The molecular weight excluding hydrogens is 502 g/mol. The van der Waals surface area contributed by atoms with Crippen LogP contribution in [0.5, 0.6) is 0 Å². The van der Waals surface area contributed by atoms with Crippen LogP contribution in [0.15, 0.2) is 11.0 Å². The molecular formula is C9H15ClN3O14P3. The quantitative estimate of drug-likeness (QED) is 0.192. The molecule has 2 rings (SSSR count). The second-order valence-corrected chi connectivity index (χ2v) is 10.4. The lowest BCUT2D eigenvalue weighted by Crippen LogP contribution is -2.36. The zero-order valence-electron chi connectivity index (χ0n) is 14.2. The van der Waals surface area contributed by atoms with Crippen molar-refractivity contribution in [2.45, 2.75) is 24.5 Å². The van der Waals surface area contributed by atoms with E-state index in [4.69, 9.17) is 36.8 Å². The van der Waals surface area contributed by atoms with Gasteiger partial charge in [-0.1, -0.05) is 11.6 Å². The summed E-state index contributed by atoms with van der Waals surface area (Å²) in [6.45, 7) is -1.05. The van der Waals surface area contributed by atoms with Crippen LogP contribution in [0.25, 0.3) is 0 Å². The minimum absolute atomic E-state index is 0.184. The summed E-state index contributed by atoms with van der Waals surface area (Å²) in [5.74, 6) is -0.310. The van der Waals surface area contributed by atoms with Crippen LogP contribution < -0.4 is 11.4 Å². The number of aliphatic hydroxyl groups excluding tert-OH is 2. The van der Waals surface area contributed by atoms with E-state index in [9.17, 15) is 33.6 Å². The summed E-state index contributed by atoms with van der Waals surface area (Å²) in [6.07, 6.45) is -5.78. The first-order valence-electron chi connectivity index (χ1n) is 7.35. The first kappa shape index (κ1) is 25.5. The van der Waals surface area contributed by atoms with Gasteiger partial charge in [-0.25, -0.2) is 18.5 Å². The van der Waals surface area contributed by atoms with Crippen molar-refractivity contribution in [1.29, 1.82) is 0 Å². The average molecular weight is 518 g/mol. The second kappa shape index (κ2) is 9.02. The molecule has 172 valence electrons. The first-order chi connectivity index (χ1) is 13.5. The van der Waals surface area contributed by atoms with Crippen LogP contribution in [0, 0.1) is 0 Å². The highest BCUT2D eigenvalue weighted by atomic mass is 35.5. The topological polar surface area (TPSA) is 270 Å². The molecule has 17 nitrogen and oxygen atoms in total. The standard InChI is InChI=1S/C9H15ClN3O14P3/c10-3-1-13(9(16)12-7(3)11)8-6(15)5(14)4(25-8)2-24-29(20,21)27-30(22,23)26-28(17,18)19/h1,4-6,8,14-15H,2H2,(H,20,21)(H,22,23)(H2,11,12,16)(H2,17,18,19)/t4-,5-,6-,8-/m1/s1. The number of nitrogen functional groups attached to an aromatic ring is 1. The Morgan fingerprint density at radius 3 is 2.30 bits per heavy atom. The molecule has 1 saturated heterocycles. The van der Waals surface area contributed by atoms with Gasteiger partial charge in [0.25, 0.3) is 0 Å². The summed E-state index contributed by atoms with van der Waals surface area (Å²) in [4.78, 5) is 50.6. The molecule has 30 heavy (non-hydrogen) atoms. The number of rotatable bonds is 8. The Morgan fingerprint density at radius 1 is 1.13 bits per heavy atom. The third-order valence-corrected chi connectivity index (χ3v) is 7.46. The van der Waals surface area contributed by atoms with Crippen LogP contribution in [0.2, 0.25) is 5.02 Å². The number of halogens is 1. The number of hydrogen-bond acceptors (Lipinski definition) is 12. The Kier molecular flexibility index (Phi) is 7.67. The smallest absolute Gasteiger partial charge is 0.387 e. The van der Waals surface area contributed by atoms with Crippen molar-refractivity contribution in [2.75, 3.05) is 12.3 Å². The molecule has 6 atom stereocenters. The van der Waals surface area contributed by atoms with E-state index < -0.39 is 60.3 Å². The Balaban J connectivity index is 2.09. The lowest BCUT2D eigenvalue weighted by atomic mass is 10.1. The van der Waals surface area contributed by atoms with E-state index in [-0.39, 0.29) is 10.8 Å². The van der Waals surface area contributed by atoms with Gasteiger partial charge in [-0.3, -0.25) is 9.09 Å². The largest absolute Gasteiger partial charge is 0.490 e. The second-order valence-electron chi connectivity index (χ2n) is 5.60. The Bertz CT molecular complexity index is 997. The molecule has 8 N–H and O–H groups in total. The number of phosphoric ester groups is 1. The summed E-state index contributed by atoms with van der Waals surface area (Å²) < 4.78 is 50.7. The molecule has 1 aromatic heterocycles. The van der Waals surface area contributed by atoms with Gasteiger partial charge in [-0.2, -0.15) is 13.6 Å². The van der Waals surface area contributed by atoms with Crippen molar-refractivity contribution in [1.82, 2.24) is 9.55 Å². The normalized spacial score (nSPS) is 28.8. The number of phosphoric acid groups is 3. The molecule has 0 saturated carbocycles. The van der Waals surface area contributed by atoms with Gasteiger partial charge in [0.05, 0.1) is 11.6 Å². The number of aromatic nitrogens is 2. The zero-order valence-corrected chi connectivity index (χ0v) is 17.7. The molecule has 1 fully saturated rings. The average Bonchev–Trinajstić information content (AvgIpc) is 2.81. The molecule has 0 aromatic carbocycles. The summed E-state index contributed by atoms with van der Waals surface area (Å²) in [6, 6.07) is 0. The van der Waals surface area contributed by atoms with Crippen molar-refractivity contribution in [3.8, 4) is 0 Å². The molecule has 2 unspecified atom stereocenters. The van der Waals surface area contributed by atoms with Crippen molar-refractivity contribution >= 4 is 40.9 Å². The number of anilines is 1. The van der Waals surface area contributed by atoms with Crippen molar-refractivity contribution in [2.24, 2.45) is 0 Å². The minimum Gasteiger partial charge on any atom is -0.387 e. The van der Waals surface area contributed by atoms with Gasteiger partial charge in [-0.15, -0.1) is 0 Å². The summed E-state index contributed by atoms with van der Waals surface area (Å²) in [5.41, 5.74) is 4.35. The van der Waals surface area contributed by atoms with E-state index in [1.165, 1.54) is 0 Å². The van der Waals surface area contributed by atoms with Crippen molar-refractivity contribution in [3.05, 3.63) is 21.7 Å². The fraction of sp³-hybridized carbons (Fsp3) is 0.556. The monoisotopic (exact) mass is 517 g/mol. The van der Waals surface area contributed by atoms with Gasteiger partial charge >= 0.3 is 29.2 Å². The van der Waals surface area contributed by atoms with E-state index >= 15 is 0 Å². The Hall–Kier alpha value is -0.740. The molecule has 0 amide bonds. The van der Waals surface area contributed by atoms with Crippen LogP contribution >= 0.6 is 35.1 Å². The summed E-state index contributed by atoms with van der Waals surface area (Å²) in [7, 11) is -16.8. The first-order valence-corrected chi connectivity index (χ1v) is 12.3. The number of nitrogens with zero attached hydrogens (tertiary/aromatic N) is 2. The van der Waals surface area contributed by atoms with Gasteiger partial charge in [0, 0.05) is 6.20 Å². The number of aliphatic hydroxyl groups is 2. The maximum Gasteiger partial charge on any atom is 0.490 e. The predicted octanol–water partition coefficient (Wildman–Crippen LogP) is -1.56. The van der Waals surface area contributed by atoms with Crippen LogP contribution in [-0.2, 0) is 31.6 Å². The SMILES string of the molecule is Nc1nc(=O)n([C@@H]2O[C@H](COP(=O)(O)OP(=O)(O)OP(=O)(O)O)[C@@H](O)[C@H]2O)cc1Cl. The maximum absolute atomic E-state index is 11.9. The fourth-order valence-corrected chi connectivity index (χ4v) is 5.38. The number of hydrogen-bond donors (Lipinski definition) is 7. The molecule has 0 spiro atoms. The summed E-state index contributed by atoms with van der Waals surface area (Å²) in [5, 5.41) is 19.9. The fourth-order valence-electron chi connectivity index (χ4n) is 2.21. The van der Waals surface area contributed by atoms with E-state index in [2.05, 4.69) is 18.1 Å². The van der Waals surface area contributed by atoms with Gasteiger partial charge in [0.2, 0.25) is 0 Å². The minimum atomic E-state index is -5.74. The van der Waals surface area contributed by atoms with Crippen molar-refractivity contribution < 1.29 is 61.4 Å². The van der Waals surface area contributed by atoms with E-state index in [0.717, 1.165) is 6.20 Å². The van der Waals surface area contributed by atoms with Crippen LogP contribution in [-0.4, -0.2) is 64.3 Å². The van der Waals surface area contributed by atoms with Crippen LogP contribution in [0.1, 0.15) is 6.23 Å². The van der Waals surface area contributed by atoms with Gasteiger partial charge in [0.1, 0.15) is 24.1 Å². The lowest BCUT2D eigenvalue weighted by molar-refractivity contribution is -0.0541. The molecule has 0 radical (unpaired) electrons. The molecule has 0 bridgehead atoms. The highest BCUT2D eigenvalue weighted by molar-refractivity contribution is 7.66. The molecule has 1 aromatic rings. The van der Waals surface area contributed by atoms with E-state index in [0.29, 0.717) is 4.57 Å². The lowest BCUT2D eigenvalue weighted by Gasteiger charge is -2.19. The molecule has 1 aliphatic rings. The van der Waals surface area contributed by atoms with Gasteiger partial charge < -0.3 is 40.3 Å². The summed E-state index contributed by atoms with van der Waals surface area (Å²) >= 11 is 5.74. The predicted molar refractivity (Wildman–Crippen MR) is 93.7 cm³/mol.